The Morgan fingerprint density at radius 3 is 3.07 bits per heavy atom. The fourth-order valence-electron chi connectivity index (χ4n) is 3.78. The van der Waals surface area contributed by atoms with Crippen LogP contribution in [0.1, 0.15) is 46.7 Å². The zero-order valence-electron chi connectivity index (χ0n) is 15.4. The summed E-state index contributed by atoms with van der Waals surface area (Å²) in [5, 5.41) is 15.7. The number of nitrogens with one attached hydrogen (secondary N) is 2. The van der Waals surface area contributed by atoms with E-state index < -0.39 is 6.04 Å². The van der Waals surface area contributed by atoms with Crippen LogP contribution in [0.25, 0.3) is 5.52 Å². The largest absolute Gasteiger partial charge is 0.399 e. The maximum Gasteiger partial charge on any atom is 0.316 e. The molecule has 1 saturated carbocycles. The van der Waals surface area contributed by atoms with Gasteiger partial charge in [0.05, 0.1) is 23.2 Å². The molecule has 2 aliphatic rings. The molecule has 146 valence electrons. The first kappa shape index (κ1) is 16.3. The van der Waals surface area contributed by atoms with Crippen LogP contribution in [-0.4, -0.2) is 53.2 Å². The van der Waals surface area contributed by atoms with Crippen LogP contribution >= 0.6 is 0 Å². The fraction of sp³-hybridized carbons (Fsp3) is 0.316. The summed E-state index contributed by atoms with van der Waals surface area (Å²) < 4.78 is 7.38. The number of imidazole rings is 1. The van der Waals surface area contributed by atoms with Gasteiger partial charge in [0.15, 0.2) is 0 Å². The Balaban J connectivity index is 1.38. The molecule has 5 heterocycles. The number of rotatable bonds is 4. The van der Waals surface area contributed by atoms with E-state index in [1.54, 1.807) is 15.7 Å². The standard InChI is InChI=1S/C19H18N8O2/c28-18(17-23-24-19(29-17)22-11-4-5-11)26-8-6-13-15(21-10-20-13)16(26)14-9-12-3-1-2-7-27(12)25-14/h1-3,7,9-11,16H,4-6,8H2,(H,20,21)(H,22,24). The lowest BCUT2D eigenvalue weighted by Crippen LogP contribution is -2.41. The van der Waals surface area contributed by atoms with Gasteiger partial charge in [-0.15, -0.1) is 5.10 Å². The third kappa shape index (κ3) is 2.75. The summed E-state index contributed by atoms with van der Waals surface area (Å²) in [6.07, 6.45) is 6.37. The Bertz CT molecular complexity index is 1170. The van der Waals surface area contributed by atoms with Crippen molar-refractivity contribution in [2.45, 2.75) is 31.3 Å². The molecule has 10 nitrogen and oxygen atoms in total. The molecular formula is C19H18N8O2. The van der Waals surface area contributed by atoms with Gasteiger partial charge < -0.3 is 19.6 Å². The molecule has 1 unspecified atom stereocenters. The Hall–Kier alpha value is -3.69. The van der Waals surface area contributed by atoms with Gasteiger partial charge in [-0.25, -0.2) is 9.50 Å². The highest BCUT2D eigenvalue weighted by Crippen LogP contribution is 2.34. The molecular weight excluding hydrogens is 372 g/mol. The molecule has 4 aromatic heterocycles. The lowest BCUT2D eigenvalue weighted by molar-refractivity contribution is 0.0647. The predicted octanol–water partition coefficient (Wildman–Crippen LogP) is 1.80. The van der Waals surface area contributed by atoms with Crippen LogP contribution in [0.5, 0.6) is 0 Å². The lowest BCUT2D eigenvalue weighted by Gasteiger charge is -2.32. The van der Waals surface area contributed by atoms with Crippen LogP contribution in [-0.2, 0) is 6.42 Å². The average Bonchev–Trinajstić information content (AvgIpc) is 3.15. The highest BCUT2D eigenvalue weighted by atomic mass is 16.4. The smallest absolute Gasteiger partial charge is 0.316 e. The summed E-state index contributed by atoms with van der Waals surface area (Å²) >= 11 is 0. The molecule has 1 aliphatic carbocycles. The van der Waals surface area contributed by atoms with Crippen molar-refractivity contribution in [3.8, 4) is 0 Å². The van der Waals surface area contributed by atoms with E-state index in [1.165, 1.54) is 0 Å². The number of hydrogen-bond donors (Lipinski definition) is 2. The van der Waals surface area contributed by atoms with Crippen LogP contribution in [0.2, 0.25) is 0 Å². The van der Waals surface area contributed by atoms with Gasteiger partial charge in [0.2, 0.25) is 0 Å². The molecule has 0 spiro atoms. The van der Waals surface area contributed by atoms with Crippen LogP contribution < -0.4 is 5.32 Å². The lowest BCUT2D eigenvalue weighted by atomic mass is 9.99. The number of hydrogen-bond acceptors (Lipinski definition) is 7. The average molecular weight is 390 g/mol. The maximum atomic E-state index is 13.3. The topological polar surface area (TPSA) is 117 Å². The van der Waals surface area contributed by atoms with Gasteiger partial charge in [-0.1, -0.05) is 11.2 Å². The molecule has 0 saturated heterocycles. The monoisotopic (exact) mass is 390 g/mol. The molecule has 0 radical (unpaired) electrons. The van der Waals surface area contributed by atoms with E-state index in [2.05, 4.69) is 30.6 Å². The van der Waals surface area contributed by atoms with Crippen molar-refractivity contribution in [1.29, 1.82) is 0 Å². The van der Waals surface area contributed by atoms with Crippen molar-refractivity contribution in [3.05, 3.63) is 59.8 Å². The number of H-pyrrole nitrogens is 1. The van der Waals surface area contributed by atoms with Crippen molar-refractivity contribution in [2.75, 3.05) is 11.9 Å². The highest BCUT2D eigenvalue weighted by Gasteiger charge is 2.38. The Morgan fingerprint density at radius 2 is 2.21 bits per heavy atom. The van der Waals surface area contributed by atoms with Crippen LogP contribution in [0.15, 0.2) is 41.2 Å². The second-order valence-corrected chi connectivity index (χ2v) is 7.39. The quantitative estimate of drug-likeness (QED) is 0.546. The predicted molar refractivity (Wildman–Crippen MR) is 101 cm³/mol. The number of carbonyl (C=O) groups is 1. The number of amides is 1. The molecule has 1 amide bonds. The molecule has 6 rings (SSSR count). The van der Waals surface area contributed by atoms with Gasteiger partial charge in [0.1, 0.15) is 6.04 Å². The third-order valence-corrected chi connectivity index (χ3v) is 5.37. The summed E-state index contributed by atoms with van der Waals surface area (Å²) in [6.45, 7) is 0.500. The number of aromatic nitrogens is 6. The molecule has 10 heteroatoms. The molecule has 1 aliphatic heterocycles. The van der Waals surface area contributed by atoms with E-state index in [0.717, 1.165) is 35.4 Å². The summed E-state index contributed by atoms with van der Waals surface area (Å²) in [5.74, 6) is -0.349. The minimum atomic E-state index is -0.427. The van der Waals surface area contributed by atoms with Gasteiger partial charge in [-0.05, 0) is 31.0 Å². The number of anilines is 1. The summed E-state index contributed by atoms with van der Waals surface area (Å²) in [5.41, 5.74) is 3.50. The van der Waals surface area contributed by atoms with Gasteiger partial charge in [-0.2, -0.15) is 5.10 Å². The van der Waals surface area contributed by atoms with E-state index in [9.17, 15) is 4.79 Å². The molecule has 29 heavy (non-hydrogen) atoms. The molecule has 1 fully saturated rings. The first-order valence-electron chi connectivity index (χ1n) is 9.64. The van der Waals surface area contributed by atoms with Crippen LogP contribution in [0.3, 0.4) is 0 Å². The van der Waals surface area contributed by atoms with Gasteiger partial charge in [-0.3, -0.25) is 4.79 Å². The van der Waals surface area contributed by atoms with Crippen molar-refractivity contribution < 1.29 is 9.21 Å². The molecule has 1 atom stereocenters. The van der Waals surface area contributed by atoms with Crippen LogP contribution in [0.4, 0.5) is 6.01 Å². The second-order valence-electron chi connectivity index (χ2n) is 7.39. The van der Waals surface area contributed by atoms with Gasteiger partial charge >= 0.3 is 17.8 Å². The number of pyridine rings is 1. The summed E-state index contributed by atoms with van der Waals surface area (Å²) in [6, 6.07) is 8.05. The Morgan fingerprint density at radius 1 is 1.28 bits per heavy atom. The van der Waals surface area contributed by atoms with Crippen molar-refractivity contribution in [2.24, 2.45) is 0 Å². The van der Waals surface area contributed by atoms with Crippen LogP contribution in [0, 0.1) is 0 Å². The number of carbonyl (C=O) groups excluding carboxylic acids is 1. The number of aromatic amines is 1. The van der Waals surface area contributed by atoms with Gasteiger partial charge in [0, 0.05) is 30.9 Å². The number of fused-ring (bicyclic) bond motifs is 2. The van der Waals surface area contributed by atoms with Crippen molar-refractivity contribution in [1.82, 2.24) is 34.7 Å². The molecule has 0 bridgehead atoms. The van der Waals surface area contributed by atoms with E-state index in [0.29, 0.717) is 19.0 Å². The zero-order chi connectivity index (χ0) is 19.4. The van der Waals surface area contributed by atoms with Crippen molar-refractivity contribution in [3.63, 3.8) is 0 Å². The van der Waals surface area contributed by atoms with E-state index >= 15 is 0 Å². The fourth-order valence-corrected chi connectivity index (χ4v) is 3.78. The first-order chi connectivity index (χ1) is 14.3. The molecule has 0 aromatic carbocycles. The van der Waals surface area contributed by atoms with Gasteiger partial charge in [0.25, 0.3) is 0 Å². The maximum absolute atomic E-state index is 13.3. The first-order valence-corrected chi connectivity index (χ1v) is 9.64. The number of nitrogens with zero attached hydrogens (tertiary/aromatic N) is 6. The molecule has 4 aromatic rings. The minimum Gasteiger partial charge on any atom is -0.399 e. The normalized spacial score (nSPS) is 18.8. The van der Waals surface area contributed by atoms with Crippen molar-refractivity contribution >= 4 is 17.4 Å². The second kappa shape index (κ2) is 6.16. The highest BCUT2D eigenvalue weighted by molar-refractivity contribution is 5.90. The summed E-state index contributed by atoms with van der Waals surface area (Å²) in [4.78, 5) is 22.6. The zero-order valence-corrected chi connectivity index (χ0v) is 15.4. The van der Waals surface area contributed by atoms with E-state index in [-0.39, 0.29) is 17.8 Å². The van der Waals surface area contributed by atoms with E-state index in [1.807, 2.05) is 30.5 Å². The summed E-state index contributed by atoms with van der Waals surface area (Å²) in [7, 11) is 0. The Labute approximate surface area is 164 Å². The third-order valence-electron chi connectivity index (χ3n) is 5.37. The molecule has 2 N–H and O–H groups in total. The SMILES string of the molecule is O=C(c1nnc(NC2CC2)o1)N1CCc2[nH]cnc2C1c1cc2ccccn2n1. The van der Waals surface area contributed by atoms with E-state index in [4.69, 9.17) is 4.42 Å². The minimum absolute atomic E-state index is 0.0269. The Kier molecular flexibility index (Phi) is 3.46.